The molecule has 1 heterocycles. The summed E-state index contributed by atoms with van der Waals surface area (Å²) in [7, 11) is 1.71. The third-order valence-electron chi connectivity index (χ3n) is 4.43. The first-order chi connectivity index (χ1) is 10.2. The fraction of sp³-hybridized carbons (Fsp3) is 0.647. The monoisotopic (exact) mass is 292 g/mol. The molecule has 4 heteroatoms. The fourth-order valence-corrected chi connectivity index (χ4v) is 3.54. The molecular weight excluding hydrogens is 264 g/mol. The van der Waals surface area contributed by atoms with E-state index in [0.717, 1.165) is 25.1 Å². The molecule has 3 unspecified atom stereocenters. The van der Waals surface area contributed by atoms with Crippen molar-refractivity contribution in [1.29, 1.82) is 0 Å². The topological polar surface area (TPSA) is 58.7 Å². The van der Waals surface area contributed by atoms with Crippen molar-refractivity contribution in [3.05, 3.63) is 29.8 Å². The molecule has 0 aliphatic carbocycles. The minimum atomic E-state index is 0.0380. The zero-order valence-electron chi connectivity index (χ0n) is 13.2. The predicted molar refractivity (Wildman–Crippen MR) is 85.4 cm³/mol. The van der Waals surface area contributed by atoms with Gasteiger partial charge in [0.15, 0.2) is 0 Å². The number of nitrogens with zero attached hydrogens (tertiary/aromatic N) is 1. The summed E-state index contributed by atoms with van der Waals surface area (Å²) in [6.07, 6.45) is 4.29. The summed E-state index contributed by atoms with van der Waals surface area (Å²) in [6.45, 7) is 3.40. The van der Waals surface area contributed by atoms with Gasteiger partial charge in [0.1, 0.15) is 5.75 Å². The van der Waals surface area contributed by atoms with Gasteiger partial charge in [0, 0.05) is 24.3 Å². The van der Waals surface area contributed by atoms with Crippen LogP contribution in [0.2, 0.25) is 0 Å². The van der Waals surface area contributed by atoms with Crippen LogP contribution >= 0.6 is 0 Å². The van der Waals surface area contributed by atoms with Crippen molar-refractivity contribution in [2.24, 2.45) is 5.73 Å². The van der Waals surface area contributed by atoms with E-state index in [9.17, 15) is 0 Å². The lowest BCUT2D eigenvalue weighted by atomic mass is 9.96. The van der Waals surface area contributed by atoms with Gasteiger partial charge < -0.3 is 15.6 Å². The summed E-state index contributed by atoms with van der Waals surface area (Å²) in [6, 6.07) is 8.89. The molecule has 0 spiro atoms. The summed E-state index contributed by atoms with van der Waals surface area (Å²) in [5.74, 6) is 0.910. The molecule has 118 valence electrons. The van der Waals surface area contributed by atoms with Gasteiger partial charge in [-0.05, 0) is 45.2 Å². The van der Waals surface area contributed by atoms with E-state index in [1.807, 2.05) is 18.2 Å². The molecule has 0 amide bonds. The first-order valence-electron chi connectivity index (χ1n) is 7.94. The van der Waals surface area contributed by atoms with Gasteiger partial charge >= 0.3 is 0 Å². The number of aliphatic hydroxyl groups is 1. The van der Waals surface area contributed by atoms with Crippen LogP contribution in [-0.4, -0.2) is 42.4 Å². The summed E-state index contributed by atoms with van der Waals surface area (Å²) >= 11 is 0. The average Bonchev–Trinajstić information content (AvgIpc) is 2.93. The second-order valence-electron chi connectivity index (χ2n) is 5.95. The van der Waals surface area contributed by atoms with Gasteiger partial charge in [0.05, 0.1) is 13.2 Å². The van der Waals surface area contributed by atoms with E-state index >= 15 is 0 Å². The molecule has 21 heavy (non-hydrogen) atoms. The maximum Gasteiger partial charge on any atom is 0.123 e. The van der Waals surface area contributed by atoms with Crippen molar-refractivity contribution >= 4 is 0 Å². The van der Waals surface area contributed by atoms with Crippen molar-refractivity contribution in [1.82, 2.24) is 4.90 Å². The van der Waals surface area contributed by atoms with E-state index in [4.69, 9.17) is 15.6 Å². The summed E-state index contributed by atoms with van der Waals surface area (Å²) in [4.78, 5) is 2.51. The number of hydrogen-bond donors (Lipinski definition) is 2. The third-order valence-corrected chi connectivity index (χ3v) is 4.43. The molecule has 0 saturated carbocycles. The summed E-state index contributed by atoms with van der Waals surface area (Å²) < 4.78 is 5.53. The van der Waals surface area contributed by atoms with Crippen molar-refractivity contribution in [3.63, 3.8) is 0 Å². The van der Waals surface area contributed by atoms with Crippen LogP contribution in [0.1, 0.15) is 44.2 Å². The Labute approximate surface area is 127 Å². The second kappa shape index (κ2) is 7.78. The molecule has 0 bridgehead atoms. The summed E-state index contributed by atoms with van der Waals surface area (Å²) in [5, 5.41) is 9.10. The minimum Gasteiger partial charge on any atom is -0.496 e. The number of ether oxygens (including phenoxy) is 1. The van der Waals surface area contributed by atoms with Gasteiger partial charge in [-0.15, -0.1) is 0 Å². The number of aliphatic hydroxyl groups excluding tert-OH is 1. The molecule has 0 aromatic heterocycles. The van der Waals surface area contributed by atoms with E-state index in [2.05, 4.69) is 17.9 Å². The number of rotatable bonds is 7. The van der Waals surface area contributed by atoms with Gasteiger partial charge in [-0.25, -0.2) is 0 Å². The number of hydrogen-bond acceptors (Lipinski definition) is 4. The number of likely N-dealkylation sites (tertiary alicyclic amines) is 1. The molecule has 2 rings (SSSR count). The second-order valence-corrected chi connectivity index (χ2v) is 5.95. The molecule has 4 nitrogen and oxygen atoms in total. The van der Waals surface area contributed by atoms with Crippen molar-refractivity contribution in [2.75, 3.05) is 20.3 Å². The van der Waals surface area contributed by atoms with Crippen LogP contribution < -0.4 is 10.5 Å². The van der Waals surface area contributed by atoms with Crippen LogP contribution in [0, 0.1) is 0 Å². The molecular formula is C17H28N2O2. The first-order valence-corrected chi connectivity index (χ1v) is 7.94. The normalized spacial score (nSPS) is 22.2. The Kier molecular flexibility index (Phi) is 6.03. The number of benzene rings is 1. The van der Waals surface area contributed by atoms with Crippen LogP contribution in [0.25, 0.3) is 0 Å². The average molecular weight is 292 g/mol. The summed E-state index contributed by atoms with van der Waals surface area (Å²) in [5.41, 5.74) is 7.49. The lowest BCUT2D eigenvalue weighted by Crippen LogP contribution is -2.42. The molecule has 1 aromatic carbocycles. The molecule has 1 aliphatic heterocycles. The molecule has 1 saturated heterocycles. The third kappa shape index (κ3) is 3.76. The van der Waals surface area contributed by atoms with E-state index in [-0.39, 0.29) is 18.7 Å². The molecule has 3 atom stereocenters. The molecule has 1 aliphatic rings. The van der Waals surface area contributed by atoms with Crippen LogP contribution in [0.5, 0.6) is 5.75 Å². The molecule has 1 aromatic rings. The highest BCUT2D eigenvalue weighted by molar-refractivity contribution is 5.37. The predicted octanol–water partition coefficient (Wildman–Crippen LogP) is 2.32. The number of methoxy groups -OCH3 is 1. The Morgan fingerprint density at radius 3 is 2.86 bits per heavy atom. The molecule has 3 N–H and O–H groups in total. The lowest BCUT2D eigenvalue weighted by molar-refractivity contribution is 0.143. The zero-order valence-corrected chi connectivity index (χ0v) is 13.2. The highest BCUT2D eigenvalue weighted by Crippen LogP contribution is 2.36. The van der Waals surface area contributed by atoms with Crippen molar-refractivity contribution in [2.45, 2.75) is 50.7 Å². The maximum atomic E-state index is 9.10. The van der Waals surface area contributed by atoms with E-state index < -0.39 is 0 Å². The van der Waals surface area contributed by atoms with Gasteiger partial charge in [-0.1, -0.05) is 18.2 Å². The van der Waals surface area contributed by atoms with Crippen LogP contribution in [0.3, 0.4) is 0 Å². The van der Waals surface area contributed by atoms with E-state index in [0.29, 0.717) is 6.04 Å². The Hall–Kier alpha value is -1.10. The van der Waals surface area contributed by atoms with Gasteiger partial charge in [-0.3, -0.25) is 4.90 Å². The van der Waals surface area contributed by atoms with Crippen LogP contribution in [0.4, 0.5) is 0 Å². The molecule has 0 radical (unpaired) electrons. The SMILES string of the molecule is COc1ccccc1C(C(C)N)N1CCCC1CCCO. The van der Waals surface area contributed by atoms with E-state index in [1.165, 1.54) is 18.4 Å². The quantitative estimate of drug-likeness (QED) is 0.810. The van der Waals surface area contributed by atoms with Gasteiger partial charge in [-0.2, -0.15) is 0 Å². The Bertz CT molecular complexity index is 437. The molecule has 1 fully saturated rings. The van der Waals surface area contributed by atoms with Crippen LogP contribution in [-0.2, 0) is 0 Å². The first kappa shape index (κ1) is 16.3. The Balaban J connectivity index is 2.26. The van der Waals surface area contributed by atoms with Gasteiger partial charge in [0.2, 0.25) is 0 Å². The van der Waals surface area contributed by atoms with Crippen molar-refractivity contribution in [3.8, 4) is 5.75 Å². The van der Waals surface area contributed by atoms with Gasteiger partial charge in [0.25, 0.3) is 0 Å². The number of para-hydroxylation sites is 1. The maximum absolute atomic E-state index is 9.10. The largest absolute Gasteiger partial charge is 0.496 e. The van der Waals surface area contributed by atoms with E-state index in [1.54, 1.807) is 7.11 Å². The smallest absolute Gasteiger partial charge is 0.123 e. The van der Waals surface area contributed by atoms with Crippen LogP contribution in [0.15, 0.2) is 24.3 Å². The standard InChI is InChI=1S/C17H28N2O2/c1-13(18)17(15-9-3-4-10-16(15)21-2)19-11-5-7-14(19)8-6-12-20/h3-4,9-10,13-14,17,20H,5-8,11-12,18H2,1-2H3. The lowest BCUT2D eigenvalue weighted by Gasteiger charge is -2.36. The number of nitrogens with two attached hydrogens (primary N) is 1. The highest BCUT2D eigenvalue weighted by atomic mass is 16.5. The van der Waals surface area contributed by atoms with Crippen molar-refractivity contribution < 1.29 is 9.84 Å². The Morgan fingerprint density at radius 2 is 2.19 bits per heavy atom. The zero-order chi connectivity index (χ0) is 15.2. The fourth-order valence-electron chi connectivity index (χ4n) is 3.54. The Morgan fingerprint density at radius 1 is 1.43 bits per heavy atom. The minimum absolute atomic E-state index is 0.0380. The highest BCUT2D eigenvalue weighted by Gasteiger charge is 2.34.